The number of nitrogens with one attached hydrogen (secondary N) is 2. The zero-order valence-electron chi connectivity index (χ0n) is 9.92. The van der Waals surface area contributed by atoms with Gasteiger partial charge in [0, 0.05) is 19.3 Å². The van der Waals surface area contributed by atoms with Gasteiger partial charge in [0.1, 0.15) is 0 Å². The average molecular weight is 287 g/mol. The molecule has 8 nitrogen and oxygen atoms in total. The lowest BCUT2D eigenvalue weighted by molar-refractivity contribution is -0.0765. The number of β-amino-alcohol motifs (C(OH)–C–C–N with tert-alkyl or cyclic N) is 1. The van der Waals surface area contributed by atoms with Gasteiger partial charge in [-0.25, -0.2) is 13.2 Å². The smallest absolute Gasteiger partial charge is 0.325 e. The van der Waals surface area contributed by atoms with Crippen LogP contribution in [0.4, 0.5) is 0 Å². The molecule has 0 atom stereocenters. The van der Waals surface area contributed by atoms with E-state index >= 15 is 0 Å². The van der Waals surface area contributed by atoms with Crippen LogP contribution >= 0.6 is 0 Å². The molecule has 2 heterocycles. The summed E-state index contributed by atoms with van der Waals surface area (Å²) in [5.74, 6) is 0.160. The predicted molar refractivity (Wildman–Crippen MR) is 64.1 cm³/mol. The first-order chi connectivity index (χ1) is 8.83. The minimum absolute atomic E-state index is 0.00142. The van der Waals surface area contributed by atoms with Crippen LogP contribution in [0.5, 0.6) is 0 Å². The molecule has 1 saturated carbocycles. The molecule has 0 aromatic carbocycles. The molecule has 1 aromatic heterocycles. The highest BCUT2D eigenvalue weighted by Crippen LogP contribution is 2.45. The first-order valence-corrected chi connectivity index (χ1v) is 7.31. The molecule has 0 radical (unpaired) electrons. The Hall–Kier alpha value is -1.45. The molecule has 2 fully saturated rings. The van der Waals surface area contributed by atoms with Gasteiger partial charge in [-0.1, -0.05) is 0 Å². The fraction of sp³-hybridized carbons (Fsp3) is 0.600. The zero-order chi connectivity index (χ0) is 13.8. The molecule has 3 rings (SSSR count). The summed E-state index contributed by atoms with van der Waals surface area (Å²) in [5.41, 5.74) is -2.67. The number of aliphatic hydroxyl groups is 1. The zero-order valence-corrected chi connectivity index (χ0v) is 10.7. The molecule has 0 amide bonds. The van der Waals surface area contributed by atoms with Crippen LogP contribution < -0.4 is 11.2 Å². The first-order valence-electron chi connectivity index (χ1n) is 5.87. The summed E-state index contributed by atoms with van der Waals surface area (Å²) in [6.45, 7) is -0.00284. The van der Waals surface area contributed by atoms with Crippen molar-refractivity contribution in [3.63, 3.8) is 0 Å². The molecule has 0 spiro atoms. The second-order valence-electron chi connectivity index (χ2n) is 5.09. The third-order valence-electron chi connectivity index (χ3n) is 3.64. The van der Waals surface area contributed by atoms with E-state index in [4.69, 9.17) is 0 Å². The molecular formula is C10H13N3O5S. The van der Waals surface area contributed by atoms with Crippen LogP contribution in [0.25, 0.3) is 0 Å². The average Bonchev–Trinajstić information content (AvgIpc) is 3.07. The van der Waals surface area contributed by atoms with Gasteiger partial charge in [0.05, 0.1) is 5.60 Å². The van der Waals surface area contributed by atoms with Gasteiger partial charge in [-0.3, -0.25) is 9.78 Å². The largest absolute Gasteiger partial charge is 0.387 e. The molecule has 1 aliphatic heterocycles. The molecule has 0 unspecified atom stereocenters. The highest BCUT2D eigenvalue weighted by molar-refractivity contribution is 7.89. The van der Waals surface area contributed by atoms with Crippen molar-refractivity contribution in [1.82, 2.24) is 14.3 Å². The maximum Gasteiger partial charge on any atom is 0.325 e. The van der Waals surface area contributed by atoms with Gasteiger partial charge < -0.3 is 10.1 Å². The number of aromatic nitrogens is 2. The Morgan fingerprint density at radius 1 is 1.32 bits per heavy atom. The second-order valence-corrected chi connectivity index (χ2v) is 6.99. The van der Waals surface area contributed by atoms with Crippen molar-refractivity contribution in [1.29, 1.82) is 0 Å². The summed E-state index contributed by atoms with van der Waals surface area (Å²) in [6.07, 6.45) is 2.69. The maximum absolute atomic E-state index is 12.2. The van der Waals surface area contributed by atoms with Gasteiger partial charge in [0.15, 0.2) is 4.90 Å². The second kappa shape index (κ2) is 3.78. The summed E-state index contributed by atoms with van der Waals surface area (Å²) in [5, 5.41) is 10.1. The van der Waals surface area contributed by atoms with Gasteiger partial charge >= 0.3 is 5.69 Å². The molecule has 2 aliphatic rings. The Morgan fingerprint density at radius 3 is 2.47 bits per heavy atom. The Labute approximate surface area is 108 Å². The van der Waals surface area contributed by atoms with Gasteiger partial charge in [0.2, 0.25) is 10.0 Å². The summed E-state index contributed by atoms with van der Waals surface area (Å²) >= 11 is 0. The van der Waals surface area contributed by atoms with Crippen molar-refractivity contribution in [2.24, 2.45) is 5.92 Å². The maximum atomic E-state index is 12.2. The topological polar surface area (TPSA) is 123 Å². The van der Waals surface area contributed by atoms with Crippen LogP contribution in [0.15, 0.2) is 20.7 Å². The highest BCUT2D eigenvalue weighted by atomic mass is 32.2. The number of H-pyrrole nitrogens is 2. The van der Waals surface area contributed by atoms with E-state index in [1.54, 1.807) is 0 Å². The number of aromatic amines is 2. The van der Waals surface area contributed by atoms with E-state index in [1.165, 1.54) is 0 Å². The normalized spacial score (nSPS) is 23.0. The Morgan fingerprint density at radius 2 is 1.95 bits per heavy atom. The molecule has 0 bridgehead atoms. The van der Waals surface area contributed by atoms with Crippen LogP contribution in [0.1, 0.15) is 12.8 Å². The molecule has 19 heavy (non-hydrogen) atoms. The highest BCUT2D eigenvalue weighted by Gasteiger charge is 2.55. The quantitative estimate of drug-likeness (QED) is 0.605. The summed E-state index contributed by atoms with van der Waals surface area (Å²) < 4.78 is 25.4. The van der Waals surface area contributed by atoms with Gasteiger partial charge in [0.25, 0.3) is 5.56 Å². The molecule has 1 aliphatic carbocycles. The lowest BCUT2D eigenvalue weighted by Crippen LogP contribution is -2.64. The van der Waals surface area contributed by atoms with E-state index < -0.39 is 31.8 Å². The third-order valence-corrected chi connectivity index (χ3v) is 5.44. The lowest BCUT2D eigenvalue weighted by atomic mass is 9.91. The van der Waals surface area contributed by atoms with E-state index in [-0.39, 0.29) is 19.0 Å². The fourth-order valence-corrected chi connectivity index (χ4v) is 3.90. The number of sulfonamides is 1. The molecule has 1 aromatic rings. The minimum Gasteiger partial charge on any atom is -0.387 e. The van der Waals surface area contributed by atoms with Gasteiger partial charge in [-0.2, -0.15) is 4.31 Å². The minimum atomic E-state index is -3.97. The molecule has 9 heteroatoms. The van der Waals surface area contributed by atoms with Crippen molar-refractivity contribution >= 4 is 10.0 Å². The van der Waals surface area contributed by atoms with Crippen LogP contribution in [0.3, 0.4) is 0 Å². The Balaban J connectivity index is 1.88. The van der Waals surface area contributed by atoms with E-state index in [9.17, 15) is 23.1 Å². The SMILES string of the molecule is O=c1[nH]cc(S(=O)(=O)N2CC(O)(C3CC3)C2)c(=O)[nH]1. The monoisotopic (exact) mass is 287 g/mol. The van der Waals surface area contributed by atoms with Gasteiger partial charge in [-0.15, -0.1) is 0 Å². The number of hydrogen-bond donors (Lipinski definition) is 3. The number of rotatable bonds is 3. The van der Waals surface area contributed by atoms with E-state index in [0.29, 0.717) is 0 Å². The third kappa shape index (κ3) is 1.94. The fourth-order valence-electron chi connectivity index (χ4n) is 2.34. The molecule has 3 N–H and O–H groups in total. The van der Waals surface area contributed by atoms with Crippen molar-refractivity contribution in [2.75, 3.05) is 13.1 Å². The predicted octanol–water partition coefficient (Wildman–Crippen LogP) is -1.79. The Bertz CT molecular complexity index is 724. The van der Waals surface area contributed by atoms with Crippen LogP contribution in [0.2, 0.25) is 0 Å². The molecule has 1 saturated heterocycles. The van der Waals surface area contributed by atoms with E-state index in [2.05, 4.69) is 4.98 Å². The first kappa shape index (κ1) is 12.6. The standard InChI is InChI=1S/C10H13N3O5S/c14-8-7(3-11-9(15)12-8)19(17,18)13-4-10(16,5-13)6-1-2-6/h3,6,16H,1-2,4-5H2,(H2,11,12,14,15). The van der Waals surface area contributed by atoms with E-state index in [1.807, 2.05) is 4.98 Å². The van der Waals surface area contributed by atoms with E-state index in [0.717, 1.165) is 23.3 Å². The summed E-state index contributed by atoms with van der Waals surface area (Å²) in [6, 6.07) is 0. The van der Waals surface area contributed by atoms with Crippen LogP contribution in [0, 0.1) is 5.92 Å². The Kier molecular flexibility index (Phi) is 2.50. The van der Waals surface area contributed by atoms with Crippen molar-refractivity contribution < 1.29 is 13.5 Å². The van der Waals surface area contributed by atoms with Crippen LogP contribution in [-0.4, -0.2) is 46.5 Å². The van der Waals surface area contributed by atoms with Crippen molar-refractivity contribution in [3.8, 4) is 0 Å². The van der Waals surface area contributed by atoms with Crippen molar-refractivity contribution in [2.45, 2.75) is 23.3 Å². The lowest BCUT2D eigenvalue weighted by Gasteiger charge is -2.45. The van der Waals surface area contributed by atoms with Gasteiger partial charge in [-0.05, 0) is 18.8 Å². The number of nitrogens with zero attached hydrogens (tertiary/aromatic N) is 1. The van der Waals surface area contributed by atoms with Crippen molar-refractivity contribution in [3.05, 3.63) is 27.0 Å². The summed E-state index contributed by atoms with van der Waals surface area (Å²) in [4.78, 5) is 25.8. The molecule has 104 valence electrons. The number of hydrogen-bond acceptors (Lipinski definition) is 5. The molecular weight excluding hydrogens is 274 g/mol. The summed E-state index contributed by atoms with van der Waals surface area (Å²) in [7, 11) is -3.97. The van der Waals surface area contributed by atoms with Crippen LogP contribution in [-0.2, 0) is 10.0 Å².